The van der Waals surface area contributed by atoms with Crippen LogP contribution in [0.4, 0.5) is 18.9 Å². The Labute approximate surface area is 174 Å². The van der Waals surface area contributed by atoms with E-state index in [4.69, 9.17) is 28.5 Å². The first-order chi connectivity index (χ1) is 12.5. The van der Waals surface area contributed by atoms with Crippen LogP contribution in [0.15, 0.2) is 17.0 Å². The number of aliphatic hydroxyl groups is 1. The molecule has 0 aromatic heterocycles. The van der Waals surface area contributed by atoms with E-state index >= 15 is 0 Å². The van der Waals surface area contributed by atoms with E-state index in [1.54, 1.807) is 27.7 Å². The van der Waals surface area contributed by atoms with Gasteiger partial charge < -0.3 is 15.0 Å². The highest BCUT2D eigenvalue weighted by atomic mass is 35.5. The molecule has 0 aliphatic carbocycles. The van der Waals surface area contributed by atoms with E-state index in [0.29, 0.717) is 6.92 Å². The number of hydrogen-bond donors (Lipinski definition) is 3. The van der Waals surface area contributed by atoms with Crippen molar-refractivity contribution in [1.29, 1.82) is 0 Å². The fourth-order valence-electron chi connectivity index (χ4n) is 1.33. The Hall–Kier alpha value is -0.750. The number of nitrogens with one attached hydrogen (secondary N) is 1. The fraction of sp³-hybridized carbons (Fsp3) is 0.562. The molecule has 2 atom stereocenters. The van der Waals surface area contributed by atoms with E-state index in [0.717, 1.165) is 0 Å². The van der Waals surface area contributed by atoms with Gasteiger partial charge in [0, 0.05) is 0 Å². The average molecular weight is 468 g/mol. The lowest BCUT2D eigenvalue weighted by Crippen LogP contribution is -2.52. The van der Waals surface area contributed by atoms with Crippen LogP contribution in [-0.4, -0.2) is 44.0 Å². The molecule has 0 bridgehead atoms. The zero-order valence-corrected chi connectivity index (χ0v) is 18.1. The number of halogens is 5. The second-order valence-corrected chi connectivity index (χ2v) is 9.07. The molecule has 12 heteroatoms. The first-order valence-corrected chi connectivity index (χ1v) is 9.86. The molecule has 0 saturated carbocycles. The van der Waals surface area contributed by atoms with Crippen LogP contribution in [0.2, 0.25) is 10.0 Å². The van der Waals surface area contributed by atoms with Crippen molar-refractivity contribution in [2.75, 3.05) is 11.1 Å². The molecule has 28 heavy (non-hydrogen) atoms. The highest BCUT2D eigenvalue weighted by molar-refractivity contribution is 7.91. The SMILES string of the molecule is CC(C)(C)OO.CC[S+]([O-])c1ccc(NC(=O)[C@@](C)(O)C(F)(F)F)c(Cl)c1Cl. The Morgan fingerprint density at radius 2 is 1.68 bits per heavy atom. The molecule has 1 unspecified atom stereocenters. The number of hydrogen-bond acceptors (Lipinski definition) is 5. The Kier molecular flexibility index (Phi) is 10.1. The van der Waals surface area contributed by atoms with Crippen molar-refractivity contribution < 1.29 is 37.8 Å². The van der Waals surface area contributed by atoms with Gasteiger partial charge in [0.15, 0.2) is 4.90 Å². The molecule has 0 aliphatic heterocycles. The molecule has 0 radical (unpaired) electrons. The Bertz CT molecular complexity index is 681. The van der Waals surface area contributed by atoms with Gasteiger partial charge in [-0.2, -0.15) is 13.2 Å². The molecule has 0 spiro atoms. The summed E-state index contributed by atoms with van der Waals surface area (Å²) in [6, 6.07) is 2.45. The molecule has 1 rings (SSSR count). The normalized spacial score (nSPS) is 15.2. The molecule has 3 N–H and O–H groups in total. The maximum Gasteiger partial charge on any atom is 0.426 e. The fourth-order valence-corrected chi connectivity index (χ4v) is 2.86. The predicted octanol–water partition coefficient (Wildman–Crippen LogP) is 4.65. The minimum Gasteiger partial charge on any atom is -0.611 e. The zero-order valence-electron chi connectivity index (χ0n) is 15.8. The third-order valence-electron chi connectivity index (χ3n) is 3.07. The third-order valence-corrected chi connectivity index (χ3v) is 5.42. The lowest BCUT2D eigenvalue weighted by molar-refractivity contribution is -0.306. The first-order valence-electron chi connectivity index (χ1n) is 7.79. The van der Waals surface area contributed by atoms with Crippen LogP contribution >= 0.6 is 23.2 Å². The number of alkyl halides is 3. The Balaban J connectivity index is 0.00000105. The van der Waals surface area contributed by atoms with Crippen molar-refractivity contribution in [3.8, 4) is 0 Å². The summed E-state index contributed by atoms with van der Waals surface area (Å²) < 4.78 is 49.4. The highest BCUT2D eigenvalue weighted by Gasteiger charge is 2.55. The van der Waals surface area contributed by atoms with Gasteiger partial charge in [-0.1, -0.05) is 23.2 Å². The second-order valence-electron chi connectivity index (χ2n) is 6.60. The van der Waals surface area contributed by atoms with Gasteiger partial charge in [0.05, 0.1) is 16.3 Å². The topological polar surface area (TPSA) is 102 Å². The van der Waals surface area contributed by atoms with Crippen molar-refractivity contribution in [2.24, 2.45) is 0 Å². The zero-order chi connectivity index (χ0) is 22.5. The lowest BCUT2D eigenvalue weighted by atomic mass is 10.1. The number of carbonyl (C=O) groups excluding carboxylic acids is 1. The van der Waals surface area contributed by atoms with Crippen LogP contribution in [0, 0.1) is 0 Å². The quantitative estimate of drug-likeness (QED) is 0.339. The summed E-state index contributed by atoms with van der Waals surface area (Å²) in [5, 5.41) is 18.6. The van der Waals surface area contributed by atoms with Crippen LogP contribution in [0.25, 0.3) is 0 Å². The second kappa shape index (κ2) is 10.3. The largest absolute Gasteiger partial charge is 0.611 e. The summed E-state index contributed by atoms with van der Waals surface area (Å²) in [6.45, 7) is 7.28. The minimum atomic E-state index is -5.16. The van der Waals surface area contributed by atoms with E-state index < -0.39 is 34.5 Å². The summed E-state index contributed by atoms with van der Waals surface area (Å²) in [5.74, 6) is -1.44. The number of benzene rings is 1. The van der Waals surface area contributed by atoms with Gasteiger partial charge >= 0.3 is 6.18 Å². The molecule has 1 aromatic carbocycles. The maximum absolute atomic E-state index is 12.6. The van der Waals surface area contributed by atoms with Crippen LogP contribution < -0.4 is 5.32 Å². The molecule has 1 amide bonds. The van der Waals surface area contributed by atoms with Crippen molar-refractivity contribution in [3.05, 3.63) is 22.2 Å². The highest BCUT2D eigenvalue weighted by Crippen LogP contribution is 2.37. The monoisotopic (exact) mass is 467 g/mol. The lowest BCUT2D eigenvalue weighted by Gasteiger charge is -2.25. The number of amides is 1. The molecular formula is C16H22Cl2F3NO5S. The number of carbonyl (C=O) groups is 1. The number of anilines is 1. The smallest absolute Gasteiger partial charge is 0.426 e. The molecule has 0 saturated heterocycles. The standard InChI is InChI=1S/C12H12Cl2F3NO3S.C4H10O2/c1-3-22(21)7-5-4-6(8(13)9(7)14)18-10(19)11(2,20)12(15,16)17;1-4(2,3)6-5/h4-5,20H,3H2,1-2H3,(H,18,19);5H,1-3H3/t11-,22?;/m1./s1. The van der Waals surface area contributed by atoms with E-state index in [1.165, 1.54) is 12.1 Å². The number of rotatable bonds is 4. The molecule has 1 aromatic rings. The Morgan fingerprint density at radius 3 is 2.04 bits per heavy atom. The molecular weight excluding hydrogens is 446 g/mol. The van der Waals surface area contributed by atoms with Crippen LogP contribution in [0.3, 0.4) is 0 Å². The molecule has 0 heterocycles. The van der Waals surface area contributed by atoms with Crippen molar-refractivity contribution in [1.82, 2.24) is 0 Å². The van der Waals surface area contributed by atoms with E-state index in [-0.39, 0.29) is 26.4 Å². The van der Waals surface area contributed by atoms with Gasteiger partial charge in [0.2, 0.25) is 5.60 Å². The Morgan fingerprint density at radius 1 is 1.21 bits per heavy atom. The summed E-state index contributed by atoms with van der Waals surface area (Å²) in [6.07, 6.45) is -5.16. The molecule has 0 fully saturated rings. The van der Waals surface area contributed by atoms with Gasteiger partial charge in [-0.25, -0.2) is 4.89 Å². The maximum atomic E-state index is 12.6. The first kappa shape index (κ1) is 27.2. The van der Waals surface area contributed by atoms with Gasteiger partial charge in [-0.3, -0.25) is 10.1 Å². The summed E-state index contributed by atoms with van der Waals surface area (Å²) in [7, 11) is 0. The van der Waals surface area contributed by atoms with Gasteiger partial charge in [0.25, 0.3) is 5.91 Å². The van der Waals surface area contributed by atoms with E-state index in [1.807, 2.05) is 5.32 Å². The van der Waals surface area contributed by atoms with Crippen LogP contribution in [-0.2, 0) is 20.9 Å². The van der Waals surface area contributed by atoms with Crippen LogP contribution in [0.1, 0.15) is 34.6 Å². The van der Waals surface area contributed by atoms with Crippen molar-refractivity contribution in [3.63, 3.8) is 0 Å². The molecule has 162 valence electrons. The van der Waals surface area contributed by atoms with E-state index in [2.05, 4.69) is 4.89 Å². The predicted molar refractivity (Wildman–Crippen MR) is 102 cm³/mol. The van der Waals surface area contributed by atoms with Crippen molar-refractivity contribution >= 4 is 46.0 Å². The van der Waals surface area contributed by atoms with E-state index in [9.17, 15) is 27.6 Å². The third kappa shape index (κ3) is 7.58. The molecule has 6 nitrogen and oxygen atoms in total. The van der Waals surface area contributed by atoms with Gasteiger partial charge in [-0.05, 0) is 57.9 Å². The summed E-state index contributed by atoms with van der Waals surface area (Å²) >= 11 is 10.3. The van der Waals surface area contributed by atoms with Crippen LogP contribution in [0.5, 0.6) is 0 Å². The average Bonchev–Trinajstić information content (AvgIpc) is 2.57. The van der Waals surface area contributed by atoms with Crippen molar-refractivity contribution in [2.45, 2.75) is 56.9 Å². The molecule has 0 aliphatic rings. The minimum absolute atomic E-state index is 0.133. The van der Waals surface area contributed by atoms with Gasteiger partial charge in [-0.15, -0.1) is 0 Å². The summed E-state index contributed by atoms with van der Waals surface area (Å²) in [5.41, 5.74) is -4.22. The van der Waals surface area contributed by atoms with Gasteiger partial charge in [0.1, 0.15) is 10.8 Å². The summed E-state index contributed by atoms with van der Waals surface area (Å²) in [4.78, 5) is 15.7.